The molecule has 0 spiro atoms. The summed E-state index contributed by atoms with van der Waals surface area (Å²) in [6.07, 6.45) is 1.29. The Morgan fingerprint density at radius 3 is 2.57 bits per heavy atom. The number of barbiturate groups is 1. The van der Waals surface area contributed by atoms with Gasteiger partial charge in [-0.3, -0.25) is 25.0 Å². The number of nitrogens with zero attached hydrogens (tertiary/aromatic N) is 2. The molecule has 1 heterocycles. The molecule has 0 aromatic heterocycles. The normalized spacial score (nSPS) is 14.7. The number of urea groups is 1. The van der Waals surface area contributed by atoms with Crippen LogP contribution < -0.4 is 15.0 Å². The lowest BCUT2D eigenvalue weighted by Gasteiger charge is -2.26. The van der Waals surface area contributed by atoms with E-state index < -0.39 is 22.8 Å². The average molecular weight is 557 g/mol. The second kappa shape index (κ2) is 10.1. The van der Waals surface area contributed by atoms with Crippen molar-refractivity contribution >= 4 is 62.8 Å². The van der Waals surface area contributed by atoms with E-state index >= 15 is 0 Å². The Morgan fingerprint density at radius 1 is 1.06 bits per heavy atom. The highest BCUT2D eigenvalue weighted by Crippen LogP contribution is 2.30. The standard InChI is InChI=1S/C24H15BrClN3O6/c25-16-8-9-21(35-13-14-4-1-2-7-20(14)26)15(10-16)11-19-22(30)27-24(32)28(23(19)31)17-5-3-6-18(12-17)29(33)34/h1-12H,13H2,(H,27,30,32)/b19-11+. The molecule has 0 unspecified atom stereocenters. The fraction of sp³-hybridized carbons (Fsp3) is 0.0417. The Bertz CT molecular complexity index is 1410. The smallest absolute Gasteiger partial charge is 0.335 e. The summed E-state index contributed by atoms with van der Waals surface area (Å²) in [5, 5.41) is 13.7. The van der Waals surface area contributed by atoms with Crippen molar-refractivity contribution in [3.63, 3.8) is 0 Å². The third kappa shape index (κ3) is 5.23. The zero-order chi connectivity index (χ0) is 25.1. The number of anilines is 1. The first-order valence-corrected chi connectivity index (χ1v) is 11.2. The molecule has 35 heavy (non-hydrogen) atoms. The maximum absolute atomic E-state index is 13.2. The molecule has 0 bridgehead atoms. The molecule has 9 nitrogen and oxygen atoms in total. The number of carbonyl (C=O) groups is 3. The summed E-state index contributed by atoms with van der Waals surface area (Å²) in [5.74, 6) is -1.48. The van der Waals surface area contributed by atoms with Gasteiger partial charge in [-0.1, -0.05) is 51.8 Å². The summed E-state index contributed by atoms with van der Waals surface area (Å²) in [7, 11) is 0. The number of non-ortho nitro benzene ring substituents is 1. The predicted molar refractivity (Wildman–Crippen MR) is 132 cm³/mol. The number of rotatable bonds is 6. The lowest BCUT2D eigenvalue weighted by Crippen LogP contribution is -2.54. The van der Waals surface area contributed by atoms with Crippen LogP contribution in [0.25, 0.3) is 6.08 Å². The van der Waals surface area contributed by atoms with Crippen LogP contribution in [-0.4, -0.2) is 22.8 Å². The van der Waals surface area contributed by atoms with Gasteiger partial charge in [-0.25, -0.2) is 9.69 Å². The van der Waals surface area contributed by atoms with Crippen LogP contribution in [0.2, 0.25) is 5.02 Å². The third-order valence-corrected chi connectivity index (χ3v) is 5.88. The van der Waals surface area contributed by atoms with E-state index in [1.165, 1.54) is 24.3 Å². The quantitative estimate of drug-likeness (QED) is 0.192. The van der Waals surface area contributed by atoms with Crippen LogP contribution in [0.3, 0.4) is 0 Å². The number of imide groups is 2. The fourth-order valence-corrected chi connectivity index (χ4v) is 3.90. The Labute approximate surface area is 212 Å². The van der Waals surface area contributed by atoms with Gasteiger partial charge in [-0.15, -0.1) is 0 Å². The van der Waals surface area contributed by atoms with Crippen molar-refractivity contribution in [3.05, 3.63) is 103 Å². The number of nitrogens with one attached hydrogen (secondary N) is 1. The zero-order valence-electron chi connectivity index (χ0n) is 17.7. The molecule has 0 aliphatic carbocycles. The summed E-state index contributed by atoms with van der Waals surface area (Å²) in [6, 6.07) is 16.2. The van der Waals surface area contributed by atoms with Crippen LogP contribution in [0.4, 0.5) is 16.2 Å². The van der Waals surface area contributed by atoms with E-state index in [0.29, 0.717) is 25.7 Å². The van der Waals surface area contributed by atoms with Crippen molar-refractivity contribution < 1.29 is 24.0 Å². The third-order valence-electron chi connectivity index (χ3n) is 5.01. The summed E-state index contributed by atoms with van der Waals surface area (Å²) < 4.78 is 6.55. The van der Waals surface area contributed by atoms with Crippen molar-refractivity contribution in [2.75, 3.05) is 4.90 Å². The molecule has 3 aromatic carbocycles. The number of hydrogen-bond donors (Lipinski definition) is 1. The van der Waals surface area contributed by atoms with Crippen LogP contribution in [-0.2, 0) is 16.2 Å². The molecule has 4 rings (SSSR count). The van der Waals surface area contributed by atoms with E-state index in [4.69, 9.17) is 16.3 Å². The van der Waals surface area contributed by atoms with E-state index in [1.54, 1.807) is 36.4 Å². The number of nitro groups is 1. The number of halogens is 2. The summed E-state index contributed by atoms with van der Waals surface area (Å²) in [6.45, 7) is 0.135. The number of benzene rings is 3. The Kier molecular flexibility index (Phi) is 6.94. The highest BCUT2D eigenvalue weighted by Gasteiger charge is 2.37. The summed E-state index contributed by atoms with van der Waals surface area (Å²) in [5.41, 5.74) is 0.414. The van der Waals surface area contributed by atoms with Gasteiger partial charge in [0.1, 0.15) is 17.9 Å². The monoisotopic (exact) mass is 555 g/mol. The molecule has 176 valence electrons. The molecular weight excluding hydrogens is 542 g/mol. The first-order chi connectivity index (χ1) is 16.7. The van der Waals surface area contributed by atoms with Gasteiger partial charge in [-0.05, 0) is 36.4 Å². The van der Waals surface area contributed by atoms with Crippen LogP contribution in [0.1, 0.15) is 11.1 Å². The maximum atomic E-state index is 13.2. The Balaban J connectivity index is 1.69. The second-order valence-corrected chi connectivity index (χ2v) is 8.62. The number of nitro benzene ring substituents is 1. The molecule has 1 N–H and O–H groups in total. The van der Waals surface area contributed by atoms with Crippen LogP contribution in [0, 0.1) is 10.1 Å². The maximum Gasteiger partial charge on any atom is 0.335 e. The topological polar surface area (TPSA) is 119 Å². The van der Waals surface area contributed by atoms with Gasteiger partial charge in [0.05, 0.1) is 10.6 Å². The average Bonchev–Trinajstić information content (AvgIpc) is 2.82. The molecule has 1 saturated heterocycles. The highest BCUT2D eigenvalue weighted by atomic mass is 79.9. The van der Waals surface area contributed by atoms with Gasteiger partial charge in [0.15, 0.2) is 0 Å². The Morgan fingerprint density at radius 2 is 1.83 bits per heavy atom. The van der Waals surface area contributed by atoms with Gasteiger partial charge in [-0.2, -0.15) is 0 Å². The molecule has 1 fully saturated rings. The number of carbonyl (C=O) groups excluding carboxylic acids is 3. The first kappa shape index (κ1) is 24.1. The minimum Gasteiger partial charge on any atom is -0.488 e. The highest BCUT2D eigenvalue weighted by molar-refractivity contribution is 9.10. The zero-order valence-corrected chi connectivity index (χ0v) is 20.1. The van der Waals surface area contributed by atoms with Crippen LogP contribution >= 0.6 is 27.5 Å². The van der Waals surface area contributed by atoms with E-state index in [0.717, 1.165) is 11.6 Å². The van der Waals surface area contributed by atoms with Gasteiger partial charge in [0, 0.05) is 32.8 Å². The molecule has 0 atom stereocenters. The number of ether oxygens (including phenoxy) is 1. The summed E-state index contributed by atoms with van der Waals surface area (Å²) >= 11 is 9.55. The van der Waals surface area contributed by atoms with Gasteiger partial charge in [0.25, 0.3) is 17.5 Å². The SMILES string of the molecule is O=C1NC(=O)N(c2cccc([N+](=O)[O-])c2)C(=O)/C1=C/c1cc(Br)ccc1OCc1ccccc1Cl. The number of amides is 4. The second-order valence-electron chi connectivity index (χ2n) is 7.30. The molecule has 0 radical (unpaired) electrons. The van der Waals surface area contributed by atoms with Crippen molar-refractivity contribution in [2.24, 2.45) is 0 Å². The van der Waals surface area contributed by atoms with E-state index in [1.807, 2.05) is 6.07 Å². The van der Waals surface area contributed by atoms with Crippen molar-refractivity contribution in [1.29, 1.82) is 0 Å². The van der Waals surface area contributed by atoms with E-state index in [2.05, 4.69) is 21.2 Å². The molecule has 1 aliphatic heterocycles. The minimum absolute atomic E-state index is 0.0514. The van der Waals surface area contributed by atoms with Crippen molar-refractivity contribution in [2.45, 2.75) is 6.61 Å². The molecule has 11 heteroatoms. The van der Waals surface area contributed by atoms with Gasteiger partial charge < -0.3 is 4.74 Å². The van der Waals surface area contributed by atoms with Crippen LogP contribution in [0.5, 0.6) is 5.75 Å². The van der Waals surface area contributed by atoms with Gasteiger partial charge >= 0.3 is 6.03 Å². The van der Waals surface area contributed by atoms with E-state index in [-0.39, 0.29) is 23.6 Å². The first-order valence-electron chi connectivity index (χ1n) is 10.1. The molecule has 3 aromatic rings. The van der Waals surface area contributed by atoms with Crippen LogP contribution in [0.15, 0.2) is 76.8 Å². The number of hydrogen-bond acceptors (Lipinski definition) is 6. The molecule has 0 saturated carbocycles. The fourth-order valence-electron chi connectivity index (χ4n) is 3.33. The molecule has 1 aliphatic rings. The molecule has 4 amide bonds. The Hall–Kier alpha value is -4.02. The van der Waals surface area contributed by atoms with Gasteiger partial charge in [0.2, 0.25) is 0 Å². The minimum atomic E-state index is -1.01. The lowest BCUT2D eigenvalue weighted by molar-refractivity contribution is -0.384. The van der Waals surface area contributed by atoms with E-state index in [9.17, 15) is 24.5 Å². The molecular formula is C24H15BrClN3O6. The summed E-state index contributed by atoms with van der Waals surface area (Å²) in [4.78, 5) is 49.3. The van der Waals surface area contributed by atoms with Crippen molar-refractivity contribution in [3.8, 4) is 5.75 Å². The van der Waals surface area contributed by atoms with Crippen molar-refractivity contribution in [1.82, 2.24) is 5.32 Å². The predicted octanol–water partition coefficient (Wildman–Crippen LogP) is 5.26. The lowest BCUT2D eigenvalue weighted by atomic mass is 10.1. The largest absolute Gasteiger partial charge is 0.488 e.